The van der Waals surface area contributed by atoms with Gasteiger partial charge in [-0.3, -0.25) is 0 Å². The SMILES string of the molecule is CCC(C)(C)c1ccc(-c2c3ccc(C(C)(C)CC)cc3c(-c3cccc(C(F)(F)F)c3)c3c(-c4ccc(C(C)(C)CC)cc4)c4ccc(C(C)(C)CC)cc4c(-c4cccc(C(F)(F)F)c4)c23)cc1. The first-order chi connectivity index (χ1) is 32.8. The van der Waals surface area contributed by atoms with Gasteiger partial charge in [-0.15, -0.1) is 0 Å². The smallest absolute Gasteiger partial charge is 0.166 e. The fraction of sp³-hybridized carbons (Fsp3) is 0.344. The standard InChI is InChI=1S/C64H66F6/c1-13-59(5,6)43-27-23-39(24-28-43)53-49-33-31-45(61(9,10)15-3)37-51(49)56(42-20-18-22-48(36-42)64(68,69)70)58-54(40-25-29-44(30-26-40)60(7,8)14-2)50-34-32-46(62(11,12)16-4)38-52(50)55(57(53)58)41-19-17-21-47(35-41)63(65,66)67/h17-38H,13-16H2,1-12H3. The highest BCUT2D eigenvalue weighted by Crippen LogP contribution is 2.55. The second-order valence-corrected chi connectivity index (χ2v) is 22.0. The van der Waals surface area contributed by atoms with Crippen molar-refractivity contribution in [3.8, 4) is 44.5 Å². The number of halogens is 6. The second-order valence-electron chi connectivity index (χ2n) is 22.0. The van der Waals surface area contributed by atoms with Gasteiger partial charge in [0.15, 0.2) is 0 Å². The molecule has 364 valence electrons. The summed E-state index contributed by atoms with van der Waals surface area (Å²) >= 11 is 0. The molecule has 0 aliphatic heterocycles. The zero-order valence-corrected chi connectivity index (χ0v) is 42.8. The van der Waals surface area contributed by atoms with Gasteiger partial charge in [0.2, 0.25) is 0 Å². The molecule has 0 saturated carbocycles. The van der Waals surface area contributed by atoms with E-state index in [1.165, 1.54) is 24.3 Å². The van der Waals surface area contributed by atoms with Crippen molar-refractivity contribution in [1.29, 1.82) is 0 Å². The van der Waals surface area contributed by atoms with E-state index in [4.69, 9.17) is 0 Å². The lowest BCUT2D eigenvalue weighted by atomic mass is 9.74. The van der Waals surface area contributed by atoms with Crippen LogP contribution in [-0.4, -0.2) is 0 Å². The van der Waals surface area contributed by atoms with E-state index >= 15 is 26.3 Å². The van der Waals surface area contributed by atoms with Gasteiger partial charge in [-0.25, -0.2) is 0 Å². The van der Waals surface area contributed by atoms with Crippen molar-refractivity contribution in [1.82, 2.24) is 0 Å². The molecule has 8 aromatic rings. The average molecular weight is 949 g/mol. The minimum absolute atomic E-state index is 0.135. The number of hydrogen-bond acceptors (Lipinski definition) is 0. The van der Waals surface area contributed by atoms with E-state index in [9.17, 15) is 0 Å². The molecule has 8 aromatic carbocycles. The Kier molecular flexibility index (Phi) is 13.0. The largest absolute Gasteiger partial charge is 0.416 e. The molecular weight excluding hydrogens is 883 g/mol. The highest BCUT2D eigenvalue weighted by molar-refractivity contribution is 6.34. The minimum Gasteiger partial charge on any atom is -0.166 e. The molecule has 0 aromatic heterocycles. The van der Waals surface area contributed by atoms with Crippen molar-refractivity contribution in [2.45, 2.75) is 143 Å². The van der Waals surface area contributed by atoms with Crippen LogP contribution >= 0.6 is 0 Å². The third-order valence-electron chi connectivity index (χ3n) is 16.3. The van der Waals surface area contributed by atoms with E-state index in [0.29, 0.717) is 33.0 Å². The van der Waals surface area contributed by atoms with E-state index < -0.39 is 23.5 Å². The topological polar surface area (TPSA) is 0 Å². The molecule has 0 radical (unpaired) electrons. The predicted octanol–water partition coefficient (Wildman–Crippen LogP) is 20.6. The number of fused-ring (bicyclic) bond motifs is 3. The Morgan fingerprint density at radius 3 is 0.871 bits per heavy atom. The molecular formula is C64H66F6. The van der Waals surface area contributed by atoms with Gasteiger partial charge in [0.05, 0.1) is 11.1 Å². The maximum Gasteiger partial charge on any atom is 0.416 e. The molecule has 6 heteroatoms. The number of rotatable bonds is 12. The second kappa shape index (κ2) is 18.1. The molecule has 70 heavy (non-hydrogen) atoms. The summed E-state index contributed by atoms with van der Waals surface area (Å²) < 4.78 is 90.1. The Morgan fingerprint density at radius 2 is 0.571 bits per heavy atom. The van der Waals surface area contributed by atoms with E-state index in [1.807, 2.05) is 0 Å². The van der Waals surface area contributed by atoms with Crippen LogP contribution < -0.4 is 0 Å². The van der Waals surface area contributed by atoms with Crippen LogP contribution in [0.2, 0.25) is 0 Å². The van der Waals surface area contributed by atoms with Crippen LogP contribution in [0.4, 0.5) is 26.3 Å². The van der Waals surface area contributed by atoms with E-state index in [2.05, 4.69) is 168 Å². The van der Waals surface area contributed by atoms with Crippen molar-refractivity contribution in [2.24, 2.45) is 0 Å². The number of benzene rings is 8. The van der Waals surface area contributed by atoms with Crippen LogP contribution in [0, 0.1) is 0 Å². The van der Waals surface area contributed by atoms with Crippen LogP contribution in [0.3, 0.4) is 0 Å². The molecule has 0 aliphatic rings. The van der Waals surface area contributed by atoms with Crippen LogP contribution in [0.15, 0.2) is 133 Å². The number of hydrogen-bond donors (Lipinski definition) is 0. The van der Waals surface area contributed by atoms with E-state index in [0.717, 1.165) is 104 Å². The normalized spacial score (nSPS) is 13.2. The number of alkyl halides is 6. The molecule has 0 saturated heterocycles. The summed E-state index contributed by atoms with van der Waals surface area (Å²) in [4.78, 5) is 0. The summed E-state index contributed by atoms with van der Waals surface area (Å²) in [6, 6.07) is 40.9. The molecule has 0 heterocycles. The quantitative estimate of drug-likeness (QED) is 0.0846. The molecule has 0 N–H and O–H groups in total. The maximum atomic E-state index is 15.0. The van der Waals surface area contributed by atoms with Gasteiger partial charge in [-0.05, 0) is 183 Å². The van der Waals surface area contributed by atoms with Crippen LogP contribution in [-0.2, 0) is 34.0 Å². The minimum atomic E-state index is -4.64. The summed E-state index contributed by atoms with van der Waals surface area (Å²) in [5.41, 5.74) is 7.14. The Hall–Kier alpha value is -5.88. The summed E-state index contributed by atoms with van der Waals surface area (Å²) in [5.74, 6) is 0. The Morgan fingerprint density at radius 1 is 0.286 bits per heavy atom. The van der Waals surface area contributed by atoms with Gasteiger partial charge < -0.3 is 0 Å². The molecule has 0 atom stereocenters. The summed E-state index contributed by atoms with van der Waals surface area (Å²) in [7, 11) is 0. The zero-order valence-electron chi connectivity index (χ0n) is 42.8. The lowest BCUT2D eigenvalue weighted by molar-refractivity contribution is -0.138. The lowest BCUT2D eigenvalue weighted by Crippen LogP contribution is -2.15. The van der Waals surface area contributed by atoms with Gasteiger partial charge in [-0.1, -0.05) is 180 Å². The van der Waals surface area contributed by atoms with Gasteiger partial charge in [0.25, 0.3) is 0 Å². The molecule has 0 unspecified atom stereocenters. The first-order valence-electron chi connectivity index (χ1n) is 24.9. The van der Waals surface area contributed by atoms with Crippen molar-refractivity contribution in [3.05, 3.63) is 167 Å². The third-order valence-corrected chi connectivity index (χ3v) is 16.3. The van der Waals surface area contributed by atoms with Crippen molar-refractivity contribution >= 4 is 32.3 Å². The predicted molar refractivity (Wildman–Crippen MR) is 284 cm³/mol. The third kappa shape index (κ3) is 9.05. The average Bonchev–Trinajstić information content (AvgIpc) is 3.34. The molecule has 0 amide bonds. The Balaban J connectivity index is 1.77. The van der Waals surface area contributed by atoms with Crippen molar-refractivity contribution in [2.75, 3.05) is 0 Å². The van der Waals surface area contributed by atoms with Gasteiger partial charge >= 0.3 is 12.4 Å². The van der Waals surface area contributed by atoms with Gasteiger partial charge in [0, 0.05) is 0 Å². The zero-order chi connectivity index (χ0) is 50.9. The first kappa shape index (κ1) is 50.5. The molecule has 0 fully saturated rings. The van der Waals surface area contributed by atoms with Crippen LogP contribution in [0.25, 0.3) is 76.8 Å². The van der Waals surface area contributed by atoms with Crippen molar-refractivity contribution in [3.63, 3.8) is 0 Å². The first-order valence-corrected chi connectivity index (χ1v) is 24.9. The van der Waals surface area contributed by atoms with Gasteiger partial charge in [-0.2, -0.15) is 26.3 Å². The molecule has 0 bridgehead atoms. The summed E-state index contributed by atoms with van der Waals surface area (Å²) in [6.45, 7) is 26.1. The fourth-order valence-corrected chi connectivity index (χ4v) is 9.96. The summed E-state index contributed by atoms with van der Waals surface area (Å²) in [6.07, 6.45) is -5.88. The monoisotopic (exact) mass is 949 g/mol. The Bertz CT molecular complexity index is 3030. The van der Waals surface area contributed by atoms with E-state index in [1.54, 1.807) is 12.1 Å². The van der Waals surface area contributed by atoms with Crippen LogP contribution in [0.5, 0.6) is 0 Å². The van der Waals surface area contributed by atoms with E-state index in [-0.39, 0.29) is 21.7 Å². The summed E-state index contributed by atoms with van der Waals surface area (Å²) in [5, 5.41) is 4.47. The molecule has 0 spiro atoms. The molecule has 8 rings (SSSR count). The fourth-order valence-electron chi connectivity index (χ4n) is 9.96. The molecule has 0 aliphatic carbocycles. The Labute approximate surface area is 411 Å². The van der Waals surface area contributed by atoms with Crippen LogP contribution in [0.1, 0.15) is 142 Å². The van der Waals surface area contributed by atoms with Crippen molar-refractivity contribution < 1.29 is 26.3 Å². The maximum absolute atomic E-state index is 15.0. The highest BCUT2D eigenvalue weighted by Gasteiger charge is 2.35. The lowest BCUT2D eigenvalue weighted by Gasteiger charge is -2.29. The van der Waals surface area contributed by atoms with Gasteiger partial charge in [0.1, 0.15) is 0 Å². The highest BCUT2D eigenvalue weighted by atomic mass is 19.4. The molecule has 0 nitrogen and oxygen atoms in total.